The molecule has 0 bridgehead atoms. The summed E-state index contributed by atoms with van der Waals surface area (Å²) in [5.74, 6) is -0.208. The van der Waals surface area contributed by atoms with Crippen LogP contribution in [-0.2, 0) is 9.59 Å². The number of fused-ring (bicyclic) bond motifs is 1. The third-order valence-electron chi connectivity index (χ3n) is 5.53. The zero-order valence-corrected chi connectivity index (χ0v) is 20.8. The zero-order chi connectivity index (χ0) is 24.4. The van der Waals surface area contributed by atoms with Crippen LogP contribution in [-0.4, -0.2) is 61.9 Å². The molecule has 1 fully saturated rings. The first-order valence-corrected chi connectivity index (χ1v) is 12.0. The maximum atomic E-state index is 13.7. The number of methoxy groups -OCH3 is 1. The number of hydrogen-bond acceptors (Lipinski definition) is 7. The molecular weight excluding hydrogens is 476 g/mol. The molecule has 2 aromatic carbocycles. The predicted octanol–water partition coefficient (Wildman–Crippen LogP) is 4.21. The Morgan fingerprint density at radius 2 is 1.88 bits per heavy atom. The smallest absolute Gasteiger partial charge is 0.260 e. The SMILES string of the molecule is COc1ccc(Cl)c2sc(N(CCCN(C)C)C(=O)c3cccc(N4C(=O)CCC4=O)c3)nc12. The van der Waals surface area contributed by atoms with E-state index in [1.807, 2.05) is 19.0 Å². The number of carbonyl (C=O) groups excluding carboxylic acids is 3. The fraction of sp³-hybridized carbons (Fsp3) is 0.333. The van der Waals surface area contributed by atoms with E-state index < -0.39 is 0 Å². The molecule has 0 N–H and O–H groups in total. The number of anilines is 2. The van der Waals surface area contributed by atoms with Gasteiger partial charge in [-0.2, -0.15) is 0 Å². The summed E-state index contributed by atoms with van der Waals surface area (Å²) in [5, 5.41) is 1.04. The Morgan fingerprint density at radius 3 is 2.56 bits per heavy atom. The Balaban J connectivity index is 1.72. The second-order valence-corrected chi connectivity index (χ2v) is 9.60. The normalized spacial score (nSPS) is 13.9. The number of ether oxygens (including phenoxy) is 1. The van der Waals surface area contributed by atoms with Crippen molar-refractivity contribution >= 4 is 61.7 Å². The number of hydrogen-bond donors (Lipinski definition) is 0. The van der Waals surface area contributed by atoms with Crippen molar-refractivity contribution in [3.8, 4) is 5.75 Å². The Bertz CT molecular complexity index is 1240. The number of carbonyl (C=O) groups is 3. The predicted molar refractivity (Wildman–Crippen MR) is 134 cm³/mol. The summed E-state index contributed by atoms with van der Waals surface area (Å²) in [6, 6.07) is 10.1. The molecule has 0 saturated carbocycles. The van der Waals surface area contributed by atoms with Gasteiger partial charge in [0.1, 0.15) is 11.3 Å². The summed E-state index contributed by atoms with van der Waals surface area (Å²) in [6.45, 7) is 1.22. The summed E-state index contributed by atoms with van der Waals surface area (Å²) in [4.78, 5) is 47.6. The third kappa shape index (κ3) is 4.77. The van der Waals surface area contributed by atoms with Crippen LogP contribution in [0.4, 0.5) is 10.8 Å². The van der Waals surface area contributed by atoms with Gasteiger partial charge in [0.05, 0.1) is 22.5 Å². The average molecular weight is 501 g/mol. The minimum atomic E-state index is -0.270. The van der Waals surface area contributed by atoms with Crippen molar-refractivity contribution in [2.24, 2.45) is 0 Å². The van der Waals surface area contributed by atoms with E-state index in [-0.39, 0.29) is 30.6 Å². The molecule has 1 aliphatic rings. The van der Waals surface area contributed by atoms with Crippen molar-refractivity contribution in [3.63, 3.8) is 0 Å². The molecule has 8 nitrogen and oxygen atoms in total. The van der Waals surface area contributed by atoms with Crippen molar-refractivity contribution in [2.45, 2.75) is 19.3 Å². The van der Waals surface area contributed by atoms with E-state index in [0.717, 1.165) is 22.6 Å². The lowest BCUT2D eigenvalue weighted by Crippen LogP contribution is -2.34. The summed E-state index contributed by atoms with van der Waals surface area (Å²) in [7, 11) is 5.51. The minimum absolute atomic E-state index is 0.183. The van der Waals surface area contributed by atoms with Gasteiger partial charge in [-0.25, -0.2) is 4.98 Å². The van der Waals surface area contributed by atoms with Crippen LogP contribution in [0.2, 0.25) is 5.02 Å². The van der Waals surface area contributed by atoms with Crippen LogP contribution in [0.15, 0.2) is 36.4 Å². The van der Waals surface area contributed by atoms with Crippen LogP contribution in [0.3, 0.4) is 0 Å². The van der Waals surface area contributed by atoms with E-state index in [4.69, 9.17) is 21.3 Å². The van der Waals surface area contributed by atoms with Gasteiger partial charge in [-0.1, -0.05) is 29.0 Å². The van der Waals surface area contributed by atoms with Gasteiger partial charge in [-0.15, -0.1) is 0 Å². The quantitative estimate of drug-likeness (QED) is 0.431. The first-order valence-electron chi connectivity index (χ1n) is 10.9. The fourth-order valence-corrected chi connectivity index (χ4v) is 5.13. The minimum Gasteiger partial charge on any atom is -0.494 e. The molecule has 1 saturated heterocycles. The van der Waals surface area contributed by atoms with E-state index in [9.17, 15) is 14.4 Å². The summed E-state index contributed by atoms with van der Waals surface area (Å²) in [6.07, 6.45) is 1.09. The molecule has 1 aliphatic heterocycles. The number of benzene rings is 2. The number of nitrogens with zero attached hydrogens (tertiary/aromatic N) is 4. The molecule has 0 spiro atoms. The lowest BCUT2D eigenvalue weighted by molar-refractivity contribution is -0.121. The van der Waals surface area contributed by atoms with Gasteiger partial charge in [0.2, 0.25) is 11.8 Å². The second kappa shape index (κ2) is 10.1. The number of halogens is 1. The molecule has 0 unspecified atom stereocenters. The van der Waals surface area contributed by atoms with Crippen molar-refractivity contribution in [1.29, 1.82) is 0 Å². The molecule has 3 amide bonds. The van der Waals surface area contributed by atoms with Crippen molar-refractivity contribution in [2.75, 3.05) is 44.1 Å². The van der Waals surface area contributed by atoms with Crippen LogP contribution < -0.4 is 14.5 Å². The largest absolute Gasteiger partial charge is 0.494 e. The fourth-order valence-electron chi connectivity index (χ4n) is 3.85. The van der Waals surface area contributed by atoms with Crippen molar-refractivity contribution in [1.82, 2.24) is 9.88 Å². The number of imide groups is 1. The van der Waals surface area contributed by atoms with Gasteiger partial charge in [0.25, 0.3) is 5.91 Å². The summed E-state index contributed by atoms with van der Waals surface area (Å²) >= 11 is 7.73. The van der Waals surface area contributed by atoms with Gasteiger partial charge in [-0.05, 0) is 57.4 Å². The number of amides is 3. The molecule has 0 aliphatic carbocycles. The summed E-state index contributed by atoms with van der Waals surface area (Å²) < 4.78 is 6.17. The number of aromatic nitrogens is 1. The monoisotopic (exact) mass is 500 g/mol. The van der Waals surface area contributed by atoms with E-state index in [1.165, 1.54) is 11.3 Å². The Hall–Kier alpha value is -3.01. The van der Waals surface area contributed by atoms with Gasteiger partial charge < -0.3 is 9.64 Å². The maximum Gasteiger partial charge on any atom is 0.260 e. The Kier molecular flexibility index (Phi) is 7.16. The van der Waals surface area contributed by atoms with E-state index >= 15 is 0 Å². The topological polar surface area (TPSA) is 83.0 Å². The lowest BCUT2D eigenvalue weighted by Gasteiger charge is -2.22. The van der Waals surface area contributed by atoms with Gasteiger partial charge in [0.15, 0.2) is 5.13 Å². The maximum absolute atomic E-state index is 13.7. The molecule has 2 heterocycles. The molecule has 0 atom stereocenters. The molecular formula is C24H25ClN4O4S. The molecule has 1 aromatic heterocycles. The third-order valence-corrected chi connectivity index (χ3v) is 7.07. The molecule has 0 radical (unpaired) electrons. The number of rotatable bonds is 8. The zero-order valence-electron chi connectivity index (χ0n) is 19.2. The average Bonchev–Trinajstić information content (AvgIpc) is 3.40. The van der Waals surface area contributed by atoms with Crippen LogP contribution in [0, 0.1) is 0 Å². The molecule has 178 valence electrons. The van der Waals surface area contributed by atoms with Gasteiger partial charge in [0, 0.05) is 24.9 Å². The van der Waals surface area contributed by atoms with Crippen LogP contribution >= 0.6 is 22.9 Å². The van der Waals surface area contributed by atoms with E-state index in [0.29, 0.717) is 39.2 Å². The van der Waals surface area contributed by atoms with Gasteiger partial charge >= 0.3 is 0 Å². The Labute approximate surface area is 206 Å². The molecule has 10 heteroatoms. The molecule has 3 aromatic rings. The van der Waals surface area contributed by atoms with Gasteiger partial charge in [-0.3, -0.25) is 24.2 Å². The first kappa shape index (κ1) is 24.1. The van der Waals surface area contributed by atoms with Crippen LogP contribution in [0.25, 0.3) is 10.2 Å². The first-order chi connectivity index (χ1) is 16.3. The Morgan fingerprint density at radius 1 is 1.15 bits per heavy atom. The number of thiazole rings is 1. The van der Waals surface area contributed by atoms with Crippen LogP contribution in [0.1, 0.15) is 29.6 Å². The van der Waals surface area contributed by atoms with Crippen molar-refractivity contribution in [3.05, 3.63) is 47.0 Å². The highest BCUT2D eigenvalue weighted by Crippen LogP contribution is 2.39. The van der Waals surface area contributed by atoms with E-state index in [2.05, 4.69) is 0 Å². The molecule has 4 rings (SSSR count). The highest BCUT2D eigenvalue weighted by atomic mass is 35.5. The lowest BCUT2D eigenvalue weighted by atomic mass is 10.1. The standard InChI is InChI=1S/C24H25ClN4O4S/c1-27(2)12-5-13-28(24-26-21-18(33-3)9-8-17(25)22(21)34-24)23(32)15-6-4-7-16(14-15)29-19(30)10-11-20(29)31/h4,6-9,14H,5,10-13H2,1-3H3. The van der Waals surface area contributed by atoms with E-state index in [1.54, 1.807) is 48.4 Å². The molecule has 34 heavy (non-hydrogen) atoms. The summed E-state index contributed by atoms with van der Waals surface area (Å²) in [5.41, 5.74) is 1.37. The van der Waals surface area contributed by atoms with Crippen molar-refractivity contribution < 1.29 is 19.1 Å². The highest BCUT2D eigenvalue weighted by molar-refractivity contribution is 7.23. The second-order valence-electron chi connectivity index (χ2n) is 8.21. The highest BCUT2D eigenvalue weighted by Gasteiger charge is 2.31. The van der Waals surface area contributed by atoms with Crippen LogP contribution in [0.5, 0.6) is 5.75 Å².